The van der Waals surface area contributed by atoms with Crippen LogP contribution < -0.4 is 5.32 Å². The summed E-state index contributed by atoms with van der Waals surface area (Å²) in [5.41, 5.74) is -0.0225. The van der Waals surface area contributed by atoms with Crippen LogP contribution >= 0.6 is 11.6 Å². The molecule has 8 heteroatoms. The summed E-state index contributed by atoms with van der Waals surface area (Å²) in [5.74, 6) is 0.808. The molecule has 3 aliphatic rings. The molecule has 2 aliphatic carbocycles. The molecule has 0 radical (unpaired) electrons. The van der Waals surface area contributed by atoms with E-state index in [1.807, 2.05) is 4.90 Å². The number of amides is 2. The second-order valence-electron chi connectivity index (χ2n) is 11.4. The number of carbonyl (C=O) groups excluding carboxylic acids is 2. The predicted molar refractivity (Wildman–Crippen MR) is 133 cm³/mol. The van der Waals surface area contributed by atoms with Gasteiger partial charge in [-0.1, -0.05) is 31.9 Å². The fraction of sp³-hybridized carbons (Fsp3) is 0.704. The van der Waals surface area contributed by atoms with E-state index in [1.54, 1.807) is 4.90 Å². The molecule has 1 aromatic rings. The lowest BCUT2D eigenvalue weighted by Gasteiger charge is -2.47. The predicted octanol–water partition coefficient (Wildman–Crippen LogP) is 5.01. The zero-order valence-corrected chi connectivity index (χ0v) is 21.7. The summed E-state index contributed by atoms with van der Waals surface area (Å²) < 4.78 is 28.2. The van der Waals surface area contributed by atoms with Crippen molar-refractivity contribution in [1.82, 2.24) is 15.1 Å². The summed E-state index contributed by atoms with van der Waals surface area (Å²) in [7, 11) is 0. The van der Waals surface area contributed by atoms with E-state index in [1.165, 1.54) is 37.8 Å². The number of halogens is 3. The second-order valence-corrected chi connectivity index (χ2v) is 11.8. The Labute approximate surface area is 212 Å². The maximum atomic E-state index is 14.2. The number of hydrogen-bond acceptors (Lipinski definition) is 3. The molecule has 2 amide bonds. The van der Waals surface area contributed by atoms with Crippen LogP contribution in [0.1, 0.15) is 64.4 Å². The fourth-order valence-electron chi connectivity index (χ4n) is 6.82. The van der Waals surface area contributed by atoms with Crippen molar-refractivity contribution in [2.24, 2.45) is 23.2 Å². The van der Waals surface area contributed by atoms with Crippen LogP contribution in [0.5, 0.6) is 0 Å². The lowest BCUT2D eigenvalue weighted by atomic mass is 9.58. The zero-order chi connectivity index (χ0) is 25.2. The van der Waals surface area contributed by atoms with Crippen LogP contribution in [-0.2, 0) is 16.1 Å². The first-order chi connectivity index (χ1) is 16.7. The van der Waals surface area contributed by atoms with Gasteiger partial charge < -0.3 is 10.2 Å². The van der Waals surface area contributed by atoms with Crippen molar-refractivity contribution >= 4 is 23.4 Å². The summed E-state index contributed by atoms with van der Waals surface area (Å²) in [6.07, 6.45) is 7.86. The Balaban J connectivity index is 1.20. The summed E-state index contributed by atoms with van der Waals surface area (Å²) in [6, 6.07) is 2.38. The third kappa shape index (κ3) is 6.53. The minimum Gasteiger partial charge on any atom is -0.347 e. The van der Waals surface area contributed by atoms with Gasteiger partial charge in [0.2, 0.25) is 11.8 Å². The molecule has 1 aromatic carbocycles. The molecule has 35 heavy (non-hydrogen) atoms. The van der Waals surface area contributed by atoms with E-state index in [9.17, 15) is 18.4 Å². The first-order valence-corrected chi connectivity index (χ1v) is 13.4. The Morgan fingerprint density at radius 2 is 1.74 bits per heavy atom. The van der Waals surface area contributed by atoms with E-state index >= 15 is 0 Å². The lowest BCUT2D eigenvalue weighted by Crippen LogP contribution is -2.51. The highest BCUT2D eigenvalue weighted by Crippen LogP contribution is 2.52. The van der Waals surface area contributed by atoms with Crippen LogP contribution in [0.15, 0.2) is 12.1 Å². The van der Waals surface area contributed by atoms with Crippen molar-refractivity contribution in [3.05, 3.63) is 34.4 Å². The van der Waals surface area contributed by atoms with Crippen LogP contribution in [0, 0.1) is 34.8 Å². The Bertz CT molecular complexity index is 921. The fourth-order valence-corrected chi connectivity index (χ4v) is 7.00. The molecule has 1 aliphatic heterocycles. The molecule has 2 bridgehead atoms. The van der Waals surface area contributed by atoms with Crippen molar-refractivity contribution < 1.29 is 18.4 Å². The molecule has 0 spiro atoms. The Morgan fingerprint density at radius 1 is 1.09 bits per heavy atom. The maximum absolute atomic E-state index is 14.2. The SMILES string of the molecule is CCC1CC2CC(C1)CC(C)(CC(=O)NCC(=O)N1CCN(Cc3c(F)ccc(Cl)c3F)CC1)C2. The number of carbonyl (C=O) groups is 2. The van der Waals surface area contributed by atoms with Gasteiger partial charge in [0.25, 0.3) is 0 Å². The summed E-state index contributed by atoms with van der Waals surface area (Å²) in [5, 5.41) is 2.76. The highest BCUT2D eigenvalue weighted by atomic mass is 35.5. The maximum Gasteiger partial charge on any atom is 0.242 e. The molecule has 194 valence electrons. The van der Waals surface area contributed by atoms with Crippen LogP contribution in [0.2, 0.25) is 5.02 Å². The van der Waals surface area contributed by atoms with Crippen molar-refractivity contribution in [3.63, 3.8) is 0 Å². The first kappa shape index (κ1) is 26.3. The summed E-state index contributed by atoms with van der Waals surface area (Å²) in [6.45, 7) is 6.55. The van der Waals surface area contributed by atoms with Gasteiger partial charge in [0.05, 0.1) is 11.6 Å². The Hall–Kier alpha value is -1.73. The van der Waals surface area contributed by atoms with E-state index < -0.39 is 11.6 Å². The van der Waals surface area contributed by atoms with Gasteiger partial charge in [-0.25, -0.2) is 8.78 Å². The van der Waals surface area contributed by atoms with Crippen molar-refractivity contribution in [3.8, 4) is 0 Å². The number of hydrogen-bond donors (Lipinski definition) is 1. The lowest BCUT2D eigenvalue weighted by molar-refractivity contribution is -0.135. The van der Waals surface area contributed by atoms with E-state index in [0.717, 1.165) is 30.6 Å². The second kappa shape index (κ2) is 11.1. The third-order valence-electron chi connectivity index (χ3n) is 8.41. The van der Waals surface area contributed by atoms with Gasteiger partial charge >= 0.3 is 0 Å². The van der Waals surface area contributed by atoms with Crippen LogP contribution in [0.4, 0.5) is 8.78 Å². The largest absolute Gasteiger partial charge is 0.347 e. The van der Waals surface area contributed by atoms with E-state index in [0.29, 0.717) is 32.6 Å². The minimum absolute atomic E-state index is 0.00275. The molecule has 2 saturated carbocycles. The van der Waals surface area contributed by atoms with Crippen LogP contribution in [0.25, 0.3) is 0 Å². The monoisotopic (exact) mass is 509 g/mol. The quantitative estimate of drug-likeness (QED) is 0.526. The number of rotatable bonds is 7. The molecule has 5 nitrogen and oxygen atoms in total. The summed E-state index contributed by atoms with van der Waals surface area (Å²) >= 11 is 5.79. The molecule has 2 atom stereocenters. The molecule has 3 fully saturated rings. The minimum atomic E-state index is -0.728. The van der Waals surface area contributed by atoms with Gasteiger partial charge in [-0.3, -0.25) is 14.5 Å². The number of benzene rings is 1. The van der Waals surface area contributed by atoms with Gasteiger partial charge in [-0.05, 0) is 67.4 Å². The molecular formula is C27H38ClF2N3O2. The van der Waals surface area contributed by atoms with E-state index in [2.05, 4.69) is 19.2 Å². The number of fused-ring (bicyclic) bond motifs is 2. The smallest absolute Gasteiger partial charge is 0.242 e. The highest BCUT2D eigenvalue weighted by Gasteiger charge is 2.42. The molecule has 4 rings (SSSR count). The number of piperazine rings is 1. The van der Waals surface area contributed by atoms with Gasteiger partial charge in [-0.15, -0.1) is 0 Å². The average molecular weight is 510 g/mol. The van der Waals surface area contributed by atoms with Crippen LogP contribution in [0.3, 0.4) is 0 Å². The van der Waals surface area contributed by atoms with Crippen molar-refractivity contribution in [2.45, 2.75) is 65.3 Å². The topological polar surface area (TPSA) is 52.7 Å². The van der Waals surface area contributed by atoms with Gasteiger partial charge in [0.1, 0.15) is 11.6 Å². The average Bonchev–Trinajstić information content (AvgIpc) is 2.82. The first-order valence-electron chi connectivity index (χ1n) is 13.0. The van der Waals surface area contributed by atoms with Crippen molar-refractivity contribution in [1.29, 1.82) is 0 Å². The number of nitrogens with zero attached hydrogens (tertiary/aromatic N) is 2. The zero-order valence-electron chi connectivity index (χ0n) is 20.9. The standard InChI is InChI=1S/C27H38ClF2N3O2/c1-3-18-10-19-12-20(11-18)14-27(2,13-19)15-24(34)31-16-25(35)33-8-6-32(7-9-33)17-21-23(29)5-4-22(28)26(21)30/h4-5,18-20H,3,6-17H2,1-2H3,(H,31,34). The van der Waals surface area contributed by atoms with Crippen LogP contribution in [-0.4, -0.2) is 54.3 Å². The van der Waals surface area contributed by atoms with Gasteiger partial charge in [0.15, 0.2) is 0 Å². The molecule has 0 aromatic heterocycles. The molecule has 1 saturated heterocycles. The Kier molecular flexibility index (Phi) is 8.37. The van der Waals surface area contributed by atoms with Gasteiger partial charge in [-0.2, -0.15) is 0 Å². The van der Waals surface area contributed by atoms with E-state index in [-0.39, 0.29) is 40.9 Å². The normalized spacial score (nSPS) is 29.2. The van der Waals surface area contributed by atoms with Gasteiger partial charge in [0, 0.05) is 44.7 Å². The number of nitrogens with one attached hydrogen (secondary N) is 1. The van der Waals surface area contributed by atoms with Crippen molar-refractivity contribution in [2.75, 3.05) is 32.7 Å². The molecule has 1 N–H and O–H groups in total. The Morgan fingerprint density at radius 3 is 2.37 bits per heavy atom. The third-order valence-corrected chi connectivity index (χ3v) is 8.70. The molecule has 2 unspecified atom stereocenters. The van der Waals surface area contributed by atoms with E-state index in [4.69, 9.17) is 11.6 Å². The molecule has 1 heterocycles. The molecular weight excluding hydrogens is 472 g/mol. The highest BCUT2D eigenvalue weighted by molar-refractivity contribution is 6.30. The summed E-state index contributed by atoms with van der Waals surface area (Å²) in [4.78, 5) is 29.0.